The predicted octanol–water partition coefficient (Wildman–Crippen LogP) is 4.34. The van der Waals surface area contributed by atoms with Gasteiger partial charge >= 0.3 is 6.09 Å². The molecule has 1 aromatic carbocycles. The van der Waals surface area contributed by atoms with Crippen LogP contribution in [0.15, 0.2) is 17.3 Å². The van der Waals surface area contributed by atoms with Crippen molar-refractivity contribution in [1.82, 2.24) is 20.9 Å². The number of hydrogen-bond donors (Lipinski definition) is 3. The van der Waals surface area contributed by atoms with Gasteiger partial charge in [0.2, 0.25) is 17.6 Å². The molecule has 1 aromatic rings. The van der Waals surface area contributed by atoms with Crippen LogP contribution in [0, 0.1) is 12.3 Å². The molecular weight excluding hydrogens is 666 g/mol. The summed E-state index contributed by atoms with van der Waals surface area (Å²) < 4.78 is 11.0. The number of rotatable bonds is 12. The molecule has 0 radical (unpaired) electrons. The number of likely N-dealkylation sites (tertiary alicyclic amines) is 1. The van der Waals surface area contributed by atoms with Crippen molar-refractivity contribution < 1.29 is 38.3 Å². The van der Waals surface area contributed by atoms with Gasteiger partial charge in [0.05, 0.1) is 30.4 Å². The highest BCUT2D eigenvalue weighted by Gasteiger charge is 2.56. The standard InChI is InChI=1S/C36H50ClN5O8/c1-7-10-25(28(43)32(45)38-22-13-14-22)39-31(44)27-18-36(17-26(41-50-36)21-15-20(2)29(48-6)24(37)16-21)19-42(27)33(46)30(35(3,4)5)40-34(47)49-23-11-8-9-12-23/h15-16,22-23,25,27,30H,7-14,17-19H2,1-6H3,(H,38,45)(H,39,44)(H,40,47)/t25-,27-,30+,36+/m0/s1. The second-order valence-corrected chi connectivity index (χ2v) is 15.6. The molecule has 13 nitrogen and oxygen atoms in total. The molecule has 0 unspecified atom stereocenters. The monoisotopic (exact) mass is 715 g/mol. The third-order valence-corrected chi connectivity index (χ3v) is 10.2. The van der Waals surface area contributed by atoms with Gasteiger partial charge in [-0.25, -0.2) is 4.79 Å². The fraction of sp³-hybridized carbons (Fsp3) is 0.667. The molecular formula is C36H50ClN5O8. The number of halogens is 1. The average Bonchev–Trinajstić information content (AvgIpc) is 3.40. The Morgan fingerprint density at radius 3 is 2.40 bits per heavy atom. The minimum atomic E-state index is -1.09. The van der Waals surface area contributed by atoms with E-state index in [1.807, 2.05) is 40.7 Å². The van der Waals surface area contributed by atoms with Gasteiger partial charge in [-0.15, -0.1) is 0 Å². The van der Waals surface area contributed by atoms with E-state index in [0.717, 1.165) is 49.7 Å². The lowest BCUT2D eigenvalue weighted by Gasteiger charge is -2.35. The Bertz CT molecular complexity index is 1510. The topological polar surface area (TPSA) is 165 Å². The van der Waals surface area contributed by atoms with Crippen LogP contribution in [0.25, 0.3) is 0 Å². The lowest BCUT2D eigenvalue weighted by atomic mass is 9.85. The molecule has 4 amide bonds. The number of alkyl carbamates (subject to hydrolysis) is 1. The number of ether oxygens (including phenoxy) is 2. The van der Waals surface area contributed by atoms with Crippen molar-refractivity contribution in [3.8, 4) is 5.75 Å². The van der Waals surface area contributed by atoms with Crippen LogP contribution in [0.5, 0.6) is 5.75 Å². The zero-order valence-electron chi connectivity index (χ0n) is 29.9. The van der Waals surface area contributed by atoms with Crippen LogP contribution in [0.3, 0.4) is 0 Å². The number of aryl methyl sites for hydroxylation is 1. The second kappa shape index (κ2) is 15.2. The molecule has 3 N–H and O–H groups in total. The number of Topliss-reactive ketones (excluding diaryl/α,β-unsaturated/α-hetero) is 1. The van der Waals surface area contributed by atoms with Crippen molar-refractivity contribution in [2.45, 2.75) is 135 Å². The van der Waals surface area contributed by atoms with Gasteiger partial charge in [-0.05, 0) is 75.0 Å². The van der Waals surface area contributed by atoms with E-state index in [2.05, 4.69) is 21.1 Å². The van der Waals surface area contributed by atoms with Gasteiger partial charge in [0.15, 0.2) is 5.60 Å². The minimum absolute atomic E-state index is 0.0136. The SMILES string of the molecule is CCC[C@H](NC(=O)[C@@H]1C[C@]2(CC(c3cc(C)c(OC)c(Cl)c3)=NO2)CN1C(=O)[C@@H](NC(=O)OC1CCCC1)C(C)(C)C)C(=O)C(=O)NC1CC1. The summed E-state index contributed by atoms with van der Waals surface area (Å²) in [4.78, 5) is 75.1. The number of nitrogens with one attached hydrogen (secondary N) is 3. The van der Waals surface area contributed by atoms with Crippen LogP contribution in [0.4, 0.5) is 4.79 Å². The first-order valence-electron chi connectivity index (χ1n) is 17.7. The van der Waals surface area contributed by atoms with Crippen molar-refractivity contribution in [3.63, 3.8) is 0 Å². The first-order valence-corrected chi connectivity index (χ1v) is 18.0. The van der Waals surface area contributed by atoms with Gasteiger partial charge in [0.25, 0.3) is 5.91 Å². The number of carbonyl (C=O) groups excluding carboxylic acids is 5. The number of nitrogens with zero attached hydrogens (tertiary/aromatic N) is 2. The number of ketones is 1. The summed E-state index contributed by atoms with van der Waals surface area (Å²) in [5.74, 6) is -2.00. The molecule has 0 bridgehead atoms. The maximum atomic E-state index is 14.5. The summed E-state index contributed by atoms with van der Waals surface area (Å²) in [5, 5.41) is 13.1. The molecule has 4 aliphatic rings. The van der Waals surface area contributed by atoms with E-state index in [-0.39, 0.29) is 38.0 Å². The Kier molecular flexibility index (Phi) is 11.3. The lowest BCUT2D eigenvalue weighted by molar-refractivity contribution is -0.144. The number of methoxy groups -OCH3 is 1. The minimum Gasteiger partial charge on any atom is -0.495 e. The molecule has 1 saturated heterocycles. The zero-order valence-corrected chi connectivity index (χ0v) is 30.6. The Labute approximate surface area is 298 Å². The molecule has 1 spiro atoms. The fourth-order valence-electron chi connectivity index (χ4n) is 7.03. The first-order chi connectivity index (χ1) is 23.6. The van der Waals surface area contributed by atoms with Gasteiger partial charge in [-0.1, -0.05) is 50.9 Å². The Morgan fingerprint density at radius 2 is 1.80 bits per heavy atom. The van der Waals surface area contributed by atoms with E-state index in [4.69, 9.17) is 25.9 Å². The van der Waals surface area contributed by atoms with E-state index in [9.17, 15) is 24.0 Å². The third kappa shape index (κ3) is 8.52. The molecule has 274 valence electrons. The summed E-state index contributed by atoms with van der Waals surface area (Å²) in [5.41, 5.74) is 0.274. The van der Waals surface area contributed by atoms with Crippen LogP contribution in [-0.4, -0.2) is 89.7 Å². The zero-order chi connectivity index (χ0) is 36.4. The molecule has 3 fully saturated rings. The predicted molar refractivity (Wildman–Crippen MR) is 186 cm³/mol. The molecule has 2 heterocycles. The molecule has 2 saturated carbocycles. The largest absolute Gasteiger partial charge is 0.495 e. The summed E-state index contributed by atoms with van der Waals surface area (Å²) in [6, 6.07) is 0.390. The summed E-state index contributed by atoms with van der Waals surface area (Å²) >= 11 is 6.49. The van der Waals surface area contributed by atoms with E-state index in [0.29, 0.717) is 22.9 Å². The van der Waals surface area contributed by atoms with Crippen molar-refractivity contribution in [2.24, 2.45) is 10.6 Å². The van der Waals surface area contributed by atoms with Crippen molar-refractivity contribution in [3.05, 3.63) is 28.3 Å². The summed E-state index contributed by atoms with van der Waals surface area (Å²) in [6.07, 6.45) is 5.33. The Morgan fingerprint density at radius 1 is 1.10 bits per heavy atom. The highest BCUT2D eigenvalue weighted by atomic mass is 35.5. The van der Waals surface area contributed by atoms with Gasteiger partial charge in [-0.2, -0.15) is 0 Å². The van der Waals surface area contributed by atoms with E-state index in [1.54, 1.807) is 13.2 Å². The molecule has 4 atom stereocenters. The van der Waals surface area contributed by atoms with E-state index >= 15 is 0 Å². The summed E-state index contributed by atoms with van der Waals surface area (Å²) in [6.45, 7) is 9.18. The highest BCUT2D eigenvalue weighted by molar-refractivity contribution is 6.38. The molecule has 50 heavy (non-hydrogen) atoms. The van der Waals surface area contributed by atoms with Crippen LogP contribution >= 0.6 is 11.6 Å². The smallest absolute Gasteiger partial charge is 0.408 e. The van der Waals surface area contributed by atoms with Gasteiger partial charge in [0.1, 0.15) is 23.9 Å². The second-order valence-electron chi connectivity index (χ2n) is 15.2. The van der Waals surface area contributed by atoms with Gasteiger partial charge in [-0.3, -0.25) is 19.2 Å². The third-order valence-electron chi connectivity index (χ3n) is 9.89. The van der Waals surface area contributed by atoms with E-state index in [1.165, 1.54) is 4.90 Å². The van der Waals surface area contributed by atoms with Gasteiger partial charge in [0, 0.05) is 24.4 Å². The maximum absolute atomic E-state index is 14.5. The highest BCUT2D eigenvalue weighted by Crippen LogP contribution is 2.41. The summed E-state index contributed by atoms with van der Waals surface area (Å²) in [7, 11) is 1.54. The van der Waals surface area contributed by atoms with Crippen LogP contribution in [-0.2, 0) is 28.8 Å². The Balaban J connectivity index is 1.40. The number of hydrogen-bond acceptors (Lipinski definition) is 9. The molecule has 14 heteroatoms. The first kappa shape index (κ1) is 37.4. The maximum Gasteiger partial charge on any atom is 0.408 e. The van der Waals surface area contributed by atoms with Gasteiger partial charge < -0.3 is 35.2 Å². The Hall–Kier alpha value is -3.87. The molecule has 0 aromatic heterocycles. The average molecular weight is 716 g/mol. The van der Waals surface area contributed by atoms with Crippen LogP contribution in [0.2, 0.25) is 5.02 Å². The van der Waals surface area contributed by atoms with E-state index < -0.39 is 58.7 Å². The molecule has 2 aliphatic carbocycles. The fourth-order valence-corrected chi connectivity index (χ4v) is 7.38. The number of amides is 4. The molecule has 5 rings (SSSR count). The lowest BCUT2D eigenvalue weighted by Crippen LogP contribution is -2.59. The quantitative estimate of drug-likeness (QED) is 0.269. The van der Waals surface area contributed by atoms with Crippen molar-refractivity contribution in [2.75, 3.05) is 13.7 Å². The number of oxime groups is 1. The normalized spacial score (nSPS) is 23.1. The van der Waals surface area contributed by atoms with Crippen molar-refractivity contribution >= 4 is 46.9 Å². The number of benzene rings is 1. The van der Waals surface area contributed by atoms with Crippen LogP contribution in [0.1, 0.15) is 103 Å². The van der Waals surface area contributed by atoms with Crippen molar-refractivity contribution in [1.29, 1.82) is 0 Å². The van der Waals surface area contributed by atoms with Crippen LogP contribution < -0.4 is 20.7 Å². The number of carbonyl (C=O) groups is 5. The molecule has 2 aliphatic heterocycles.